The predicted molar refractivity (Wildman–Crippen MR) is 85.6 cm³/mol. The lowest BCUT2D eigenvalue weighted by Crippen LogP contribution is -2.15. The number of nitriles is 1. The van der Waals surface area contributed by atoms with E-state index in [2.05, 4.69) is 4.72 Å². The fourth-order valence-corrected chi connectivity index (χ4v) is 4.40. The molecule has 0 atom stereocenters. The minimum Gasteiger partial charge on any atom is -0.399 e. The molecule has 0 saturated heterocycles. The number of anilines is 2. The Morgan fingerprint density at radius 1 is 1.38 bits per heavy atom. The van der Waals surface area contributed by atoms with Gasteiger partial charge in [0.15, 0.2) is 0 Å². The van der Waals surface area contributed by atoms with Gasteiger partial charge in [-0.05, 0) is 37.1 Å². The standard InChI is InChI=1S/C14H15N3O2S2/c1-9-10(2)20-14(13(9)7-15)17-21(18,19)8-11-4-3-5-12(16)6-11/h3-6,17H,8,16H2,1-2H3. The quantitative estimate of drug-likeness (QED) is 0.846. The zero-order valence-electron chi connectivity index (χ0n) is 11.7. The molecular formula is C14H15N3O2S2. The molecule has 0 aliphatic heterocycles. The van der Waals surface area contributed by atoms with Crippen LogP contribution in [0.5, 0.6) is 0 Å². The highest BCUT2D eigenvalue weighted by atomic mass is 32.2. The molecule has 0 aliphatic carbocycles. The highest BCUT2D eigenvalue weighted by molar-refractivity contribution is 7.92. The minimum absolute atomic E-state index is 0.182. The minimum atomic E-state index is -3.59. The second kappa shape index (κ2) is 5.76. The van der Waals surface area contributed by atoms with E-state index in [1.54, 1.807) is 31.2 Å². The molecule has 0 radical (unpaired) electrons. The Bertz CT molecular complexity index is 817. The normalized spacial score (nSPS) is 11.1. The van der Waals surface area contributed by atoms with E-state index in [1.807, 2.05) is 13.0 Å². The average molecular weight is 321 g/mol. The Balaban J connectivity index is 2.26. The molecule has 110 valence electrons. The van der Waals surface area contributed by atoms with Crippen molar-refractivity contribution in [2.24, 2.45) is 0 Å². The molecule has 0 unspecified atom stereocenters. The van der Waals surface area contributed by atoms with Gasteiger partial charge in [0, 0.05) is 10.6 Å². The number of hydrogen-bond acceptors (Lipinski definition) is 5. The Hall–Kier alpha value is -2.04. The number of nitrogen functional groups attached to an aromatic ring is 1. The lowest BCUT2D eigenvalue weighted by molar-refractivity contribution is 0.600. The number of thiophene rings is 1. The fourth-order valence-electron chi connectivity index (χ4n) is 1.91. The summed E-state index contributed by atoms with van der Waals surface area (Å²) in [5.74, 6) is -0.182. The smallest absolute Gasteiger partial charge is 0.237 e. The van der Waals surface area contributed by atoms with E-state index < -0.39 is 10.0 Å². The first-order valence-electron chi connectivity index (χ1n) is 6.17. The average Bonchev–Trinajstić information content (AvgIpc) is 2.62. The monoisotopic (exact) mass is 321 g/mol. The van der Waals surface area contributed by atoms with E-state index in [4.69, 9.17) is 11.0 Å². The summed E-state index contributed by atoms with van der Waals surface area (Å²) in [5, 5.41) is 9.51. The summed E-state index contributed by atoms with van der Waals surface area (Å²) < 4.78 is 26.9. The number of rotatable bonds is 4. The van der Waals surface area contributed by atoms with Gasteiger partial charge in [-0.15, -0.1) is 11.3 Å². The maximum atomic E-state index is 12.2. The highest BCUT2D eigenvalue weighted by Crippen LogP contribution is 2.32. The van der Waals surface area contributed by atoms with Gasteiger partial charge in [0.1, 0.15) is 11.1 Å². The molecule has 1 aromatic heterocycles. The van der Waals surface area contributed by atoms with Crippen molar-refractivity contribution in [3.8, 4) is 6.07 Å². The highest BCUT2D eigenvalue weighted by Gasteiger charge is 2.18. The van der Waals surface area contributed by atoms with Crippen LogP contribution in [0.15, 0.2) is 24.3 Å². The molecule has 3 N–H and O–H groups in total. The Kier molecular flexibility index (Phi) is 4.21. The zero-order chi connectivity index (χ0) is 15.6. The Labute approximate surface area is 128 Å². The lowest BCUT2D eigenvalue weighted by atomic mass is 10.2. The van der Waals surface area contributed by atoms with Crippen LogP contribution in [0.3, 0.4) is 0 Å². The largest absolute Gasteiger partial charge is 0.399 e. The van der Waals surface area contributed by atoms with Crippen LogP contribution in [-0.2, 0) is 15.8 Å². The molecule has 0 aliphatic rings. The van der Waals surface area contributed by atoms with E-state index in [9.17, 15) is 8.42 Å². The third-order valence-corrected chi connectivity index (χ3v) is 5.53. The van der Waals surface area contributed by atoms with Gasteiger partial charge in [-0.2, -0.15) is 5.26 Å². The van der Waals surface area contributed by atoms with Crippen LogP contribution < -0.4 is 10.5 Å². The number of nitrogens with one attached hydrogen (secondary N) is 1. The van der Waals surface area contributed by atoms with Crippen molar-refractivity contribution >= 4 is 32.0 Å². The number of sulfonamides is 1. The van der Waals surface area contributed by atoms with Gasteiger partial charge in [-0.3, -0.25) is 4.72 Å². The van der Waals surface area contributed by atoms with Crippen LogP contribution in [0.4, 0.5) is 10.7 Å². The summed E-state index contributed by atoms with van der Waals surface area (Å²) >= 11 is 1.27. The topological polar surface area (TPSA) is 96.0 Å². The fraction of sp³-hybridized carbons (Fsp3) is 0.214. The van der Waals surface area contributed by atoms with E-state index >= 15 is 0 Å². The molecule has 1 heterocycles. The number of hydrogen-bond donors (Lipinski definition) is 2. The summed E-state index contributed by atoms with van der Waals surface area (Å²) in [4.78, 5) is 0.924. The maximum Gasteiger partial charge on any atom is 0.237 e. The first-order valence-corrected chi connectivity index (χ1v) is 8.64. The van der Waals surface area contributed by atoms with Crippen molar-refractivity contribution in [2.75, 3.05) is 10.5 Å². The molecule has 0 fully saturated rings. The number of benzene rings is 1. The molecule has 2 rings (SSSR count). The van der Waals surface area contributed by atoms with Gasteiger partial charge in [0.25, 0.3) is 0 Å². The zero-order valence-corrected chi connectivity index (χ0v) is 13.3. The van der Waals surface area contributed by atoms with Gasteiger partial charge in [-0.25, -0.2) is 8.42 Å². The van der Waals surface area contributed by atoms with Crippen LogP contribution in [0.25, 0.3) is 0 Å². The molecule has 1 aromatic carbocycles. The molecule has 7 heteroatoms. The molecule has 0 bridgehead atoms. The molecule has 21 heavy (non-hydrogen) atoms. The Morgan fingerprint density at radius 3 is 2.71 bits per heavy atom. The second-order valence-corrected chi connectivity index (χ2v) is 7.65. The number of nitrogens with two attached hydrogens (primary N) is 1. The van der Waals surface area contributed by atoms with Crippen LogP contribution in [-0.4, -0.2) is 8.42 Å². The second-order valence-electron chi connectivity index (χ2n) is 4.71. The van der Waals surface area contributed by atoms with Gasteiger partial charge >= 0.3 is 0 Å². The van der Waals surface area contributed by atoms with Crippen molar-refractivity contribution in [1.29, 1.82) is 5.26 Å². The molecule has 0 spiro atoms. The molecule has 2 aromatic rings. The van der Waals surface area contributed by atoms with Crippen molar-refractivity contribution in [3.63, 3.8) is 0 Å². The van der Waals surface area contributed by atoms with Crippen LogP contribution in [0.2, 0.25) is 0 Å². The van der Waals surface area contributed by atoms with Crippen molar-refractivity contribution in [2.45, 2.75) is 19.6 Å². The Morgan fingerprint density at radius 2 is 2.10 bits per heavy atom. The van der Waals surface area contributed by atoms with Crippen molar-refractivity contribution < 1.29 is 8.42 Å². The first-order chi connectivity index (χ1) is 9.82. The molecule has 0 saturated carbocycles. The van der Waals surface area contributed by atoms with Crippen LogP contribution >= 0.6 is 11.3 Å². The van der Waals surface area contributed by atoms with Gasteiger partial charge in [0.2, 0.25) is 10.0 Å². The van der Waals surface area contributed by atoms with Gasteiger partial charge in [0.05, 0.1) is 11.3 Å². The van der Waals surface area contributed by atoms with E-state index in [0.717, 1.165) is 10.4 Å². The summed E-state index contributed by atoms with van der Waals surface area (Å²) in [6.07, 6.45) is 0. The van der Waals surface area contributed by atoms with Crippen molar-refractivity contribution in [1.82, 2.24) is 0 Å². The van der Waals surface area contributed by atoms with Gasteiger partial charge < -0.3 is 5.73 Å². The molecular weight excluding hydrogens is 306 g/mol. The number of nitrogens with zero attached hydrogens (tertiary/aromatic N) is 1. The van der Waals surface area contributed by atoms with E-state index in [0.29, 0.717) is 21.8 Å². The molecule has 5 nitrogen and oxygen atoms in total. The summed E-state index contributed by atoms with van der Waals surface area (Å²) in [6.45, 7) is 3.66. The third kappa shape index (κ3) is 3.54. The predicted octanol–water partition coefficient (Wildman–Crippen LogP) is 2.76. The van der Waals surface area contributed by atoms with Crippen LogP contribution in [0.1, 0.15) is 21.6 Å². The number of aryl methyl sites for hydroxylation is 1. The van der Waals surface area contributed by atoms with Crippen molar-refractivity contribution in [3.05, 3.63) is 45.8 Å². The van der Waals surface area contributed by atoms with Gasteiger partial charge in [-0.1, -0.05) is 12.1 Å². The first kappa shape index (κ1) is 15.4. The third-order valence-electron chi connectivity index (χ3n) is 3.05. The summed E-state index contributed by atoms with van der Waals surface area (Å²) in [6, 6.07) is 8.77. The maximum absolute atomic E-state index is 12.2. The van der Waals surface area contributed by atoms with E-state index in [1.165, 1.54) is 11.3 Å². The van der Waals surface area contributed by atoms with Crippen LogP contribution in [0, 0.1) is 25.2 Å². The SMILES string of the molecule is Cc1sc(NS(=O)(=O)Cc2cccc(N)c2)c(C#N)c1C. The summed E-state index contributed by atoms with van der Waals surface area (Å²) in [7, 11) is -3.59. The van der Waals surface area contributed by atoms with E-state index in [-0.39, 0.29) is 5.75 Å². The lowest BCUT2D eigenvalue weighted by Gasteiger charge is -2.07. The molecule has 0 amide bonds. The summed E-state index contributed by atoms with van der Waals surface area (Å²) in [5.41, 5.74) is 7.95.